The molecule has 0 aliphatic rings. The minimum Gasteiger partial charge on any atom is -0.478 e. The Morgan fingerprint density at radius 1 is 0.600 bits per heavy atom. The lowest BCUT2D eigenvalue weighted by molar-refractivity contribution is 0.0687. The molecular weight excluding hydrogens is 454 g/mol. The number of halogens is 2. The number of nitrogens with one attached hydrogen (secondary N) is 2. The van der Waals surface area contributed by atoms with Crippen LogP contribution in [0.15, 0.2) is 84.9 Å². The van der Waals surface area contributed by atoms with Crippen molar-refractivity contribution in [3.8, 4) is 0 Å². The molecule has 0 heterocycles. The highest BCUT2D eigenvalue weighted by Gasteiger charge is 2.15. The zero-order valence-corrected chi connectivity index (χ0v) is 18.3. The molecule has 4 rings (SSSR count). The fourth-order valence-corrected chi connectivity index (χ4v) is 3.59. The highest BCUT2D eigenvalue weighted by atomic mass is 19.1. The summed E-state index contributed by atoms with van der Waals surface area (Å²) < 4.78 is 26.3. The number of carboxylic acid groups (broad SMARTS) is 2. The molecule has 0 fully saturated rings. The Hall–Kier alpha value is -4.72. The predicted molar refractivity (Wildman–Crippen MR) is 129 cm³/mol. The maximum atomic E-state index is 13.1. The fourth-order valence-electron chi connectivity index (χ4n) is 3.59. The molecule has 0 amide bonds. The van der Waals surface area contributed by atoms with Crippen LogP contribution >= 0.6 is 0 Å². The summed E-state index contributed by atoms with van der Waals surface area (Å²) in [6.45, 7) is 0. The van der Waals surface area contributed by atoms with Crippen LogP contribution in [0, 0.1) is 11.6 Å². The molecule has 0 saturated carbocycles. The van der Waals surface area contributed by atoms with Gasteiger partial charge < -0.3 is 20.8 Å². The second kappa shape index (κ2) is 10.0. The number of rotatable bonds is 8. The first kappa shape index (κ1) is 23.4. The third-order valence-corrected chi connectivity index (χ3v) is 5.28. The van der Waals surface area contributed by atoms with E-state index in [9.17, 15) is 28.6 Å². The average molecular weight is 474 g/mol. The highest BCUT2D eigenvalue weighted by Crippen LogP contribution is 2.27. The summed E-state index contributed by atoms with van der Waals surface area (Å²) in [5.41, 5.74) is 3.16. The summed E-state index contributed by atoms with van der Waals surface area (Å²) >= 11 is 0. The quantitative estimate of drug-likeness (QED) is 0.235. The highest BCUT2D eigenvalue weighted by molar-refractivity contribution is 5.96. The summed E-state index contributed by atoms with van der Waals surface area (Å²) in [6, 6.07) is 20.8. The minimum atomic E-state index is -1.14. The third-order valence-electron chi connectivity index (χ3n) is 5.28. The number of benzene rings is 4. The summed E-state index contributed by atoms with van der Waals surface area (Å²) in [4.78, 5) is 23.7. The predicted octanol–water partition coefficient (Wildman–Crippen LogP) is 6.44. The van der Waals surface area contributed by atoms with Gasteiger partial charge in [-0.05, 0) is 90.3 Å². The van der Waals surface area contributed by atoms with E-state index in [0.717, 1.165) is 0 Å². The molecular formula is C27H20F2N2O4. The Balaban J connectivity index is 1.57. The van der Waals surface area contributed by atoms with Crippen molar-refractivity contribution in [3.05, 3.63) is 119 Å². The molecule has 6 nitrogen and oxygen atoms in total. The topological polar surface area (TPSA) is 98.7 Å². The maximum absolute atomic E-state index is 13.1. The van der Waals surface area contributed by atoms with Crippen LogP contribution in [0.2, 0.25) is 0 Å². The molecule has 4 N–H and O–H groups in total. The van der Waals surface area contributed by atoms with E-state index in [0.29, 0.717) is 40.3 Å². The normalized spacial score (nSPS) is 10.6. The van der Waals surface area contributed by atoms with Gasteiger partial charge >= 0.3 is 11.9 Å². The van der Waals surface area contributed by atoms with Gasteiger partial charge in [0.15, 0.2) is 0 Å². The maximum Gasteiger partial charge on any atom is 0.337 e. The molecule has 0 aliphatic carbocycles. The summed E-state index contributed by atoms with van der Waals surface area (Å²) in [5.74, 6) is -3.07. The van der Waals surface area contributed by atoms with E-state index in [1.165, 1.54) is 60.7 Å². The van der Waals surface area contributed by atoms with Crippen molar-refractivity contribution in [2.75, 3.05) is 10.6 Å². The van der Waals surface area contributed by atoms with E-state index >= 15 is 0 Å². The number of aromatic carboxylic acids is 2. The van der Waals surface area contributed by atoms with Crippen molar-refractivity contribution >= 4 is 34.7 Å². The van der Waals surface area contributed by atoms with Gasteiger partial charge in [0.2, 0.25) is 0 Å². The average Bonchev–Trinajstić information content (AvgIpc) is 2.83. The van der Waals surface area contributed by atoms with Crippen LogP contribution in [-0.2, 0) is 6.42 Å². The van der Waals surface area contributed by atoms with Gasteiger partial charge in [0, 0.05) is 11.4 Å². The molecule has 35 heavy (non-hydrogen) atoms. The molecule has 4 aromatic rings. The van der Waals surface area contributed by atoms with E-state index < -0.39 is 23.6 Å². The molecule has 0 spiro atoms. The van der Waals surface area contributed by atoms with Crippen LogP contribution in [0.25, 0.3) is 0 Å². The van der Waals surface area contributed by atoms with E-state index in [2.05, 4.69) is 10.6 Å². The van der Waals surface area contributed by atoms with Crippen molar-refractivity contribution in [2.45, 2.75) is 6.42 Å². The largest absolute Gasteiger partial charge is 0.478 e. The molecule has 0 bridgehead atoms. The first-order chi connectivity index (χ1) is 16.8. The van der Waals surface area contributed by atoms with Gasteiger partial charge in [0.25, 0.3) is 0 Å². The van der Waals surface area contributed by atoms with Gasteiger partial charge in [-0.15, -0.1) is 0 Å². The minimum absolute atomic E-state index is 0.0277. The molecule has 0 aromatic heterocycles. The molecule has 0 atom stereocenters. The van der Waals surface area contributed by atoms with Gasteiger partial charge in [-0.2, -0.15) is 0 Å². The van der Waals surface area contributed by atoms with E-state index in [1.807, 2.05) is 0 Å². The number of carbonyl (C=O) groups is 2. The Morgan fingerprint density at radius 2 is 0.971 bits per heavy atom. The summed E-state index contributed by atoms with van der Waals surface area (Å²) in [5, 5.41) is 25.3. The summed E-state index contributed by atoms with van der Waals surface area (Å²) in [6.07, 6.45) is 0.300. The van der Waals surface area contributed by atoms with Gasteiger partial charge in [0.1, 0.15) is 11.6 Å². The SMILES string of the molecule is O=C(O)c1cc(Cc2ccc(Nc3ccc(F)cc3)c(C(=O)O)c2)ccc1Nc1ccc(F)cc1. The van der Waals surface area contributed by atoms with Crippen LogP contribution < -0.4 is 10.6 Å². The van der Waals surface area contributed by atoms with E-state index in [4.69, 9.17) is 0 Å². The number of hydrogen-bond acceptors (Lipinski definition) is 4. The van der Waals surface area contributed by atoms with Crippen molar-refractivity contribution in [3.63, 3.8) is 0 Å². The molecule has 8 heteroatoms. The second-order valence-electron chi connectivity index (χ2n) is 7.81. The van der Waals surface area contributed by atoms with Crippen LogP contribution in [0.1, 0.15) is 31.8 Å². The van der Waals surface area contributed by atoms with Crippen molar-refractivity contribution in [1.29, 1.82) is 0 Å². The zero-order chi connectivity index (χ0) is 24.9. The van der Waals surface area contributed by atoms with Crippen LogP contribution in [-0.4, -0.2) is 22.2 Å². The molecule has 0 radical (unpaired) electrons. The van der Waals surface area contributed by atoms with Crippen molar-refractivity contribution in [1.82, 2.24) is 0 Å². The fraction of sp³-hybridized carbons (Fsp3) is 0.0370. The molecule has 0 saturated heterocycles. The third kappa shape index (κ3) is 5.80. The van der Waals surface area contributed by atoms with Crippen molar-refractivity contribution < 1.29 is 28.6 Å². The van der Waals surface area contributed by atoms with E-state index in [1.54, 1.807) is 24.3 Å². The second-order valence-corrected chi connectivity index (χ2v) is 7.81. The Morgan fingerprint density at radius 3 is 1.31 bits per heavy atom. The zero-order valence-electron chi connectivity index (χ0n) is 18.3. The van der Waals surface area contributed by atoms with Gasteiger partial charge in [0.05, 0.1) is 22.5 Å². The van der Waals surface area contributed by atoms with Crippen LogP contribution in [0.3, 0.4) is 0 Å². The standard InChI is InChI=1S/C27H20F2N2O4/c28-18-3-7-20(8-4-18)30-24-11-1-16(14-22(24)26(32)33)13-17-2-12-25(23(15-17)27(34)35)31-21-9-5-19(29)6-10-21/h1-12,14-15,30-31H,13H2,(H,32,33)(H,34,35). The molecule has 4 aromatic carbocycles. The molecule has 176 valence electrons. The molecule has 0 aliphatic heterocycles. The van der Waals surface area contributed by atoms with E-state index in [-0.39, 0.29) is 11.1 Å². The first-order valence-electron chi connectivity index (χ1n) is 10.6. The Labute approximate surface area is 199 Å². The number of hydrogen-bond donors (Lipinski definition) is 4. The molecule has 0 unspecified atom stereocenters. The lowest BCUT2D eigenvalue weighted by Gasteiger charge is -2.13. The Kier molecular flexibility index (Phi) is 6.73. The number of carboxylic acids is 2. The lowest BCUT2D eigenvalue weighted by Crippen LogP contribution is -2.06. The van der Waals surface area contributed by atoms with Gasteiger partial charge in [-0.3, -0.25) is 0 Å². The lowest BCUT2D eigenvalue weighted by atomic mass is 9.99. The monoisotopic (exact) mass is 474 g/mol. The first-order valence-corrected chi connectivity index (χ1v) is 10.6. The van der Waals surface area contributed by atoms with Crippen LogP contribution in [0.4, 0.5) is 31.5 Å². The number of anilines is 4. The Bertz CT molecular complexity index is 1280. The van der Waals surface area contributed by atoms with Crippen molar-refractivity contribution in [2.24, 2.45) is 0 Å². The summed E-state index contributed by atoms with van der Waals surface area (Å²) in [7, 11) is 0. The van der Waals surface area contributed by atoms with Gasteiger partial charge in [-0.25, -0.2) is 18.4 Å². The smallest absolute Gasteiger partial charge is 0.337 e. The van der Waals surface area contributed by atoms with Crippen LogP contribution in [0.5, 0.6) is 0 Å². The van der Waals surface area contributed by atoms with Gasteiger partial charge in [-0.1, -0.05) is 12.1 Å².